The normalized spacial score (nSPS) is 11.9. The predicted octanol–water partition coefficient (Wildman–Crippen LogP) is 8.40. The van der Waals surface area contributed by atoms with Gasteiger partial charge in [-0.2, -0.15) is 0 Å². The Bertz CT molecular complexity index is 1830. The molecule has 0 fully saturated rings. The van der Waals surface area contributed by atoms with E-state index in [9.17, 15) is 0 Å². The molecule has 2 nitrogen and oxygen atoms in total. The summed E-state index contributed by atoms with van der Waals surface area (Å²) < 4.78 is 25.8. The molecule has 0 amide bonds. The van der Waals surface area contributed by atoms with E-state index in [4.69, 9.17) is 4.42 Å². The van der Waals surface area contributed by atoms with Gasteiger partial charge in [-0.1, -0.05) is 30.3 Å². The van der Waals surface area contributed by atoms with Crippen LogP contribution in [0.2, 0.25) is 17.3 Å². The molecule has 0 N–H and O–H groups in total. The number of rotatable bonds is 4. The van der Waals surface area contributed by atoms with Crippen LogP contribution >= 0.6 is 0 Å². The molecule has 0 saturated heterocycles. The Hall–Kier alpha value is -3.70. The molecule has 4 aromatic carbocycles. The topological polar surface area (TPSA) is 17.0 Å². The van der Waals surface area contributed by atoms with Gasteiger partial charge < -0.3 is 0 Å². The van der Waals surface area contributed by atoms with Crippen LogP contribution in [0, 0.1) is 12.7 Å². The van der Waals surface area contributed by atoms with E-state index in [0.717, 1.165) is 49.9 Å². The van der Waals surface area contributed by atoms with Gasteiger partial charge in [0.05, 0.1) is 0 Å². The number of aryl methyl sites for hydroxylation is 2. The minimum atomic E-state index is -2.06. The van der Waals surface area contributed by atoms with Gasteiger partial charge in [0.1, 0.15) is 0 Å². The van der Waals surface area contributed by atoms with E-state index in [1.54, 1.807) is 6.07 Å². The summed E-state index contributed by atoms with van der Waals surface area (Å²) in [5, 5.41) is 1.93. The van der Waals surface area contributed by atoms with Crippen molar-refractivity contribution in [3.63, 3.8) is 0 Å². The maximum absolute atomic E-state index is 15.6. The third kappa shape index (κ3) is 4.15. The van der Waals surface area contributed by atoms with E-state index in [1.807, 2.05) is 42.5 Å². The Kier molecular flexibility index (Phi) is 5.99. The van der Waals surface area contributed by atoms with E-state index < -0.39 is 13.3 Å². The number of benzene rings is 4. The maximum atomic E-state index is 15.6. The zero-order valence-corrected chi connectivity index (χ0v) is 24.6. The molecule has 0 aliphatic rings. The van der Waals surface area contributed by atoms with Gasteiger partial charge in [0, 0.05) is 0 Å². The van der Waals surface area contributed by atoms with Gasteiger partial charge in [-0.15, -0.1) is 0 Å². The molecule has 0 aliphatic heterocycles. The molecule has 0 atom stereocenters. The van der Waals surface area contributed by atoms with Crippen molar-refractivity contribution < 1.29 is 13.4 Å². The fourth-order valence-corrected chi connectivity index (χ4v) is 7.74. The predicted molar refractivity (Wildman–Crippen MR) is 159 cm³/mol. The van der Waals surface area contributed by atoms with Crippen molar-refractivity contribution in [2.75, 3.05) is 0 Å². The number of fused-ring (bicyclic) bond motifs is 3. The van der Waals surface area contributed by atoms with Gasteiger partial charge >= 0.3 is 196 Å². The van der Waals surface area contributed by atoms with Crippen LogP contribution in [0.4, 0.5) is 4.39 Å². The van der Waals surface area contributed by atoms with Crippen molar-refractivity contribution >= 4 is 39.6 Å². The van der Waals surface area contributed by atoms with Crippen LogP contribution < -0.4 is 8.96 Å². The van der Waals surface area contributed by atoms with E-state index in [0.29, 0.717) is 11.1 Å². The van der Waals surface area contributed by atoms with Gasteiger partial charge in [0.2, 0.25) is 0 Å². The van der Waals surface area contributed by atoms with Crippen LogP contribution in [0.25, 0.3) is 55.4 Å². The first-order valence-corrected chi connectivity index (χ1v) is 20.4. The molecular formula is C34H31FGeNO+. The summed E-state index contributed by atoms with van der Waals surface area (Å²) in [5.74, 6) is 6.94. The average molecular weight is 561 g/mol. The Balaban J connectivity index is 1.62. The fraction of sp³-hybridized carbons (Fsp3) is 0.147. The van der Waals surface area contributed by atoms with Crippen LogP contribution in [0.3, 0.4) is 0 Å². The first-order chi connectivity index (χ1) is 18.2. The molecular weight excluding hydrogens is 530 g/mol. The number of nitrogens with zero attached hydrogens (tertiary/aromatic N) is 1. The van der Waals surface area contributed by atoms with Crippen LogP contribution in [0.15, 0.2) is 102 Å². The summed E-state index contributed by atoms with van der Waals surface area (Å²) in [6, 6.07) is 30.5. The second kappa shape index (κ2) is 9.25. The number of furan rings is 1. The molecule has 0 spiro atoms. The SMILES string of the molecule is Cc1ccc2c(oc3c(-c4cccc(-c5ccccc5)c4)c(F)ccc32)c1-c1c[c]([Ge]([CH3])([CH3])[CH3])cc[n+]1C. The summed E-state index contributed by atoms with van der Waals surface area (Å²) in [6.07, 6.45) is 2.16. The van der Waals surface area contributed by atoms with Crippen LogP contribution in [0.5, 0.6) is 0 Å². The number of hydrogen-bond donors (Lipinski definition) is 0. The molecule has 188 valence electrons. The Morgan fingerprint density at radius 3 is 2.08 bits per heavy atom. The zero-order chi connectivity index (χ0) is 26.6. The summed E-state index contributed by atoms with van der Waals surface area (Å²) >= 11 is -2.06. The molecule has 0 bridgehead atoms. The molecule has 0 saturated carbocycles. The van der Waals surface area contributed by atoms with E-state index in [-0.39, 0.29) is 5.82 Å². The molecule has 0 radical (unpaired) electrons. The van der Waals surface area contributed by atoms with Gasteiger partial charge in [0.25, 0.3) is 0 Å². The average Bonchev–Trinajstić information content (AvgIpc) is 3.27. The summed E-state index contributed by atoms with van der Waals surface area (Å²) in [6.45, 7) is 2.12. The first kappa shape index (κ1) is 24.6. The Labute approximate surface area is 225 Å². The Morgan fingerprint density at radius 2 is 1.34 bits per heavy atom. The zero-order valence-electron chi connectivity index (χ0n) is 22.5. The molecule has 6 aromatic rings. The molecule has 0 aliphatic carbocycles. The second-order valence-corrected chi connectivity index (χ2v) is 21.8. The van der Waals surface area contributed by atoms with Crippen molar-refractivity contribution in [3.05, 3.63) is 109 Å². The van der Waals surface area contributed by atoms with Crippen molar-refractivity contribution in [1.29, 1.82) is 0 Å². The molecule has 6 rings (SSSR count). The number of halogens is 1. The number of pyridine rings is 1. The molecule has 4 heteroatoms. The minimum absolute atomic E-state index is 0.284. The van der Waals surface area contributed by atoms with Gasteiger partial charge in [-0.3, -0.25) is 0 Å². The third-order valence-electron chi connectivity index (χ3n) is 7.50. The van der Waals surface area contributed by atoms with E-state index in [1.165, 1.54) is 4.40 Å². The quantitative estimate of drug-likeness (QED) is 0.156. The van der Waals surface area contributed by atoms with Crippen molar-refractivity contribution in [1.82, 2.24) is 0 Å². The monoisotopic (exact) mass is 562 g/mol. The Morgan fingerprint density at radius 1 is 0.684 bits per heavy atom. The molecule has 0 unspecified atom stereocenters. The summed E-state index contributed by atoms with van der Waals surface area (Å²) in [4.78, 5) is 0. The van der Waals surface area contributed by atoms with Crippen LogP contribution in [-0.2, 0) is 7.05 Å². The van der Waals surface area contributed by atoms with Crippen molar-refractivity contribution in [2.24, 2.45) is 7.05 Å². The van der Waals surface area contributed by atoms with Gasteiger partial charge in [-0.05, 0) is 0 Å². The van der Waals surface area contributed by atoms with Crippen LogP contribution in [0.1, 0.15) is 5.56 Å². The summed E-state index contributed by atoms with van der Waals surface area (Å²) in [5.41, 5.74) is 8.17. The van der Waals surface area contributed by atoms with Crippen molar-refractivity contribution in [2.45, 2.75) is 24.2 Å². The fourth-order valence-electron chi connectivity index (χ4n) is 5.33. The molecule has 2 aromatic heterocycles. The summed E-state index contributed by atoms with van der Waals surface area (Å²) in [7, 11) is 2.08. The number of aromatic nitrogens is 1. The first-order valence-electron chi connectivity index (χ1n) is 13.0. The third-order valence-corrected chi connectivity index (χ3v) is 11.8. The standard InChI is InChI=1S/C34H31FGeNO/c1-22-14-15-27-28-16-17-29(35)32(25-13-9-12-24(20-25)23-10-7-6-8-11-23)34(28)38-33(27)31(22)30-21-26(36(2,3)4)18-19-37(30)5/h6-21H,1-5H3/q+1. The van der Waals surface area contributed by atoms with Gasteiger partial charge in [0.15, 0.2) is 0 Å². The molecule has 38 heavy (non-hydrogen) atoms. The molecule has 2 heterocycles. The van der Waals surface area contributed by atoms with Crippen molar-refractivity contribution in [3.8, 4) is 33.5 Å². The van der Waals surface area contributed by atoms with Crippen LogP contribution in [-0.4, -0.2) is 13.3 Å². The van der Waals surface area contributed by atoms with Gasteiger partial charge in [-0.25, -0.2) is 0 Å². The van der Waals surface area contributed by atoms with E-state index in [2.05, 4.69) is 84.5 Å². The van der Waals surface area contributed by atoms with E-state index >= 15 is 4.39 Å². The second-order valence-electron chi connectivity index (χ2n) is 11.1. The number of hydrogen-bond acceptors (Lipinski definition) is 1.